The highest BCUT2D eigenvalue weighted by atomic mass is 16.2. The highest BCUT2D eigenvalue weighted by molar-refractivity contribution is 5.94. The van der Waals surface area contributed by atoms with Crippen LogP contribution in [0, 0.1) is 5.92 Å². The summed E-state index contributed by atoms with van der Waals surface area (Å²) in [6.45, 7) is 0.728. The second-order valence-corrected chi connectivity index (χ2v) is 10.0. The summed E-state index contributed by atoms with van der Waals surface area (Å²) in [6.07, 6.45) is 9.70. The van der Waals surface area contributed by atoms with Crippen LogP contribution in [0.1, 0.15) is 35.2 Å². The Hall–Kier alpha value is -4.70. The first-order valence-electron chi connectivity index (χ1n) is 13.5. The molecule has 0 radical (unpaired) electrons. The number of hydrogen-bond donors (Lipinski definition) is 0. The molecule has 0 saturated carbocycles. The highest BCUT2D eigenvalue weighted by Crippen LogP contribution is 2.40. The Kier molecular flexibility index (Phi) is 6.92. The molecule has 2 heterocycles. The van der Waals surface area contributed by atoms with E-state index in [0.717, 1.165) is 41.0 Å². The molecule has 5 aromatic rings. The van der Waals surface area contributed by atoms with Gasteiger partial charge in [0, 0.05) is 24.8 Å². The van der Waals surface area contributed by atoms with Crippen molar-refractivity contribution in [3.8, 4) is 0 Å². The predicted molar refractivity (Wildman–Crippen MR) is 157 cm³/mol. The maximum Gasteiger partial charge on any atom is 0.227 e. The largest absolute Gasteiger partial charge is 0.318 e. The first-order chi connectivity index (χ1) is 19.2. The molecule has 0 aliphatic carbocycles. The summed E-state index contributed by atoms with van der Waals surface area (Å²) in [4.78, 5) is 19.6. The van der Waals surface area contributed by atoms with Gasteiger partial charge in [0.2, 0.25) is 5.91 Å². The van der Waals surface area contributed by atoms with Crippen molar-refractivity contribution in [1.82, 2.24) is 9.55 Å². The molecule has 1 aliphatic rings. The van der Waals surface area contributed by atoms with Crippen molar-refractivity contribution in [3.05, 3.63) is 162 Å². The maximum atomic E-state index is 12.9. The van der Waals surface area contributed by atoms with E-state index in [1.165, 1.54) is 0 Å². The predicted octanol–water partition coefficient (Wildman–Crippen LogP) is 7.18. The van der Waals surface area contributed by atoms with Crippen LogP contribution >= 0.6 is 0 Å². The van der Waals surface area contributed by atoms with Crippen LogP contribution in [0.4, 0.5) is 5.69 Å². The number of hydrogen-bond acceptors (Lipinski definition) is 2. The van der Waals surface area contributed by atoms with Crippen molar-refractivity contribution < 1.29 is 4.79 Å². The second-order valence-electron chi connectivity index (χ2n) is 10.0. The number of amides is 1. The number of allylic oxidation sites excluding steroid dienone is 1. The van der Waals surface area contributed by atoms with Crippen LogP contribution in [-0.4, -0.2) is 22.0 Å². The smallest absolute Gasteiger partial charge is 0.227 e. The van der Waals surface area contributed by atoms with E-state index in [9.17, 15) is 4.79 Å². The van der Waals surface area contributed by atoms with E-state index in [4.69, 9.17) is 4.98 Å². The number of benzene rings is 4. The molecule has 1 atom stereocenters. The molecule has 1 aromatic heterocycles. The van der Waals surface area contributed by atoms with Crippen LogP contribution in [0.3, 0.4) is 0 Å². The quantitative estimate of drug-likeness (QED) is 0.218. The molecule has 1 unspecified atom stereocenters. The molecule has 39 heavy (non-hydrogen) atoms. The minimum atomic E-state index is -0.583. The molecule has 1 saturated heterocycles. The average Bonchev–Trinajstić information content (AvgIpc) is 3.48. The first-order valence-corrected chi connectivity index (χ1v) is 13.5. The summed E-state index contributed by atoms with van der Waals surface area (Å²) in [6, 6.07) is 41.7. The molecule has 1 amide bonds. The molecular formula is C35H31N3O. The fourth-order valence-electron chi connectivity index (χ4n) is 5.73. The summed E-state index contributed by atoms with van der Waals surface area (Å²) in [5.74, 6) is 0.369. The number of piperidine rings is 1. The van der Waals surface area contributed by atoms with Crippen LogP contribution < -0.4 is 4.90 Å². The summed E-state index contributed by atoms with van der Waals surface area (Å²) in [5, 5.41) is 0. The Labute approximate surface area is 229 Å². The zero-order valence-corrected chi connectivity index (χ0v) is 21.8. The molecule has 0 N–H and O–H groups in total. The van der Waals surface area contributed by atoms with E-state index in [-0.39, 0.29) is 11.8 Å². The van der Waals surface area contributed by atoms with Gasteiger partial charge in [-0.25, -0.2) is 4.98 Å². The van der Waals surface area contributed by atoms with Gasteiger partial charge in [0.25, 0.3) is 0 Å². The molecule has 192 valence electrons. The van der Waals surface area contributed by atoms with Crippen molar-refractivity contribution in [2.75, 3.05) is 11.4 Å². The van der Waals surface area contributed by atoms with E-state index < -0.39 is 5.54 Å². The van der Waals surface area contributed by atoms with Gasteiger partial charge in [-0.3, -0.25) is 4.79 Å². The van der Waals surface area contributed by atoms with Crippen LogP contribution in [0.15, 0.2) is 140 Å². The molecule has 1 fully saturated rings. The standard InChI is InChI=1S/C35H31N3O/c39-34-25-28(23-24-38(34)33-19-11-4-12-20-33)21-22-32-26-37(27-36-32)35(29-13-5-1-6-14-29,30-15-7-2-8-16-30)31-17-9-3-10-18-31/h1-22,26-28H,23-25H2/b22-21+. The molecule has 0 bridgehead atoms. The van der Waals surface area contributed by atoms with E-state index >= 15 is 0 Å². The second kappa shape index (κ2) is 11.0. The van der Waals surface area contributed by atoms with E-state index in [0.29, 0.717) is 6.42 Å². The number of para-hydroxylation sites is 1. The Morgan fingerprint density at radius 1 is 0.718 bits per heavy atom. The maximum absolute atomic E-state index is 12.9. The molecule has 6 rings (SSSR count). The summed E-state index contributed by atoms with van der Waals surface area (Å²) < 4.78 is 2.22. The molecular weight excluding hydrogens is 478 g/mol. The number of aromatic nitrogens is 2. The number of rotatable bonds is 7. The lowest BCUT2D eigenvalue weighted by Gasteiger charge is -2.37. The van der Waals surface area contributed by atoms with Gasteiger partial charge in [0.1, 0.15) is 5.54 Å². The Morgan fingerprint density at radius 2 is 1.23 bits per heavy atom. The minimum Gasteiger partial charge on any atom is -0.318 e. The summed E-state index contributed by atoms with van der Waals surface area (Å²) in [5.41, 5.74) is 4.75. The monoisotopic (exact) mass is 509 g/mol. The fraction of sp³-hybridized carbons (Fsp3) is 0.143. The van der Waals surface area contributed by atoms with Crippen molar-refractivity contribution in [2.24, 2.45) is 5.92 Å². The topological polar surface area (TPSA) is 38.1 Å². The van der Waals surface area contributed by atoms with Gasteiger partial charge in [-0.15, -0.1) is 0 Å². The van der Waals surface area contributed by atoms with Crippen molar-refractivity contribution in [3.63, 3.8) is 0 Å². The van der Waals surface area contributed by atoms with Gasteiger partial charge in [0.15, 0.2) is 0 Å². The first kappa shape index (κ1) is 24.6. The normalized spacial score (nSPS) is 16.1. The van der Waals surface area contributed by atoms with Gasteiger partial charge in [0.05, 0.1) is 12.0 Å². The number of nitrogens with zero attached hydrogens (tertiary/aromatic N) is 3. The van der Waals surface area contributed by atoms with E-state index in [2.05, 4.69) is 114 Å². The van der Waals surface area contributed by atoms with Crippen LogP contribution in [0.2, 0.25) is 0 Å². The van der Waals surface area contributed by atoms with Gasteiger partial charge < -0.3 is 9.47 Å². The van der Waals surface area contributed by atoms with Gasteiger partial charge in [-0.1, -0.05) is 115 Å². The zero-order chi connectivity index (χ0) is 26.5. The third-order valence-corrected chi connectivity index (χ3v) is 7.63. The molecule has 4 nitrogen and oxygen atoms in total. The third kappa shape index (κ3) is 4.82. The molecule has 0 spiro atoms. The number of anilines is 1. The Morgan fingerprint density at radius 3 is 1.74 bits per heavy atom. The lowest BCUT2D eigenvalue weighted by Crippen LogP contribution is -2.38. The zero-order valence-electron chi connectivity index (χ0n) is 21.8. The number of carbonyl (C=O) groups excluding carboxylic acids is 1. The lowest BCUT2D eigenvalue weighted by atomic mass is 9.77. The fourth-order valence-corrected chi connectivity index (χ4v) is 5.73. The Balaban J connectivity index is 1.33. The highest BCUT2D eigenvalue weighted by Gasteiger charge is 2.38. The van der Waals surface area contributed by atoms with Gasteiger partial charge in [-0.2, -0.15) is 0 Å². The number of carbonyl (C=O) groups is 1. The van der Waals surface area contributed by atoms with E-state index in [1.54, 1.807) is 0 Å². The van der Waals surface area contributed by atoms with Gasteiger partial charge in [-0.05, 0) is 47.2 Å². The molecule has 4 heteroatoms. The summed E-state index contributed by atoms with van der Waals surface area (Å²) >= 11 is 0. The number of imidazole rings is 1. The van der Waals surface area contributed by atoms with Crippen molar-refractivity contribution in [1.29, 1.82) is 0 Å². The van der Waals surface area contributed by atoms with Crippen LogP contribution in [-0.2, 0) is 10.3 Å². The average molecular weight is 510 g/mol. The summed E-state index contributed by atoms with van der Waals surface area (Å²) in [7, 11) is 0. The third-order valence-electron chi connectivity index (χ3n) is 7.63. The molecule has 4 aromatic carbocycles. The van der Waals surface area contributed by atoms with Crippen LogP contribution in [0.5, 0.6) is 0 Å². The molecule has 1 aliphatic heterocycles. The van der Waals surface area contributed by atoms with Crippen LogP contribution in [0.25, 0.3) is 6.08 Å². The minimum absolute atomic E-state index is 0.170. The van der Waals surface area contributed by atoms with Crippen molar-refractivity contribution >= 4 is 17.7 Å². The van der Waals surface area contributed by atoms with Crippen molar-refractivity contribution in [2.45, 2.75) is 18.4 Å². The van der Waals surface area contributed by atoms with E-state index in [1.807, 2.05) is 41.6 Å². The lowest BCUT2D eigenvalue weighted by molar-refractivity contribution is -0.120. The Bertz CT molecular complexity index is 1450. The van der Waals surface area contributed by atoms with Gasteiger partial charge >= 0.3 is 0 Å². The SMILES string of the molecule is O=C1CC(/C=C/c2cn(C(c3ccccc3)(c3ccccc3)c3ccccc3)cn2)CCN1c1ccccc1.